The third-order valence-corrected chi connectivity index (χ3v) is 3.53. The molecule has 106 valence electrons. The molecule has 0 spiro atoms. The van der Waals surface area contributed by atoms with Crippen LogP contribution in [-0.2, 0) is 13.1 Å². The molecule has 0 atom stereocenters. The summed E-state index contributed by atoms with van der Waals surface area (Å²) in [7, 11) is 0. The molecule has 0 fully saturated rings. The molecule has 0 aliphatic heterocycles. The molecule has 0 bridgehead atoms. The highest BCUT2D eigenvalue weighted by atomic mass is 16.2. The summed E-state index contributed by atoms with van der Waals surface area (Å²) in [6, 6.07) is 11.0. The van der Waals surface area contributed by atoms with E-state index in [0.717, 1.165) is 16.5 Å². The first-order chi connectivity index (χ1) is 10.2. The van der Waals surface area contributed by atoms with Crippen molar-refractivity contribution in [3.05, 3.63) is 75.2 Å². The number of aromatic nitrogens is 3. The molecule has 3 rings (SSSR count). The molecule has 0 unspecified atom stereocenters. The Kier molecular flexibility index (Phi) is 3.39. The minimum atomic E-state index is -0.294. The number of hydrogen-bond donors (Lipinski definition) is 0. The average molecular weight is 281 g/mol. The molecular weight excluding hydrogens is 266 g/mol. The molecule has 0 aliphatic carbocycles. The van der Waals surface area contributed by atoms with Crippen LogP contribution >= 0.6 is 0 Å². The van der Waals surface area contributed by atoms with Crippen LogP contribution in [0, 0.1) is 0 Å². The summed E-state index contributed by atoms with van der Waals surface area (Å²) >= 11 is 0. The molecule has 0 amide bonds. The van der Waals surface area contributed by atoms with Crippen molar-refractivity contribution in [2.24, 2.45) is 0 Å². The summed E-state index contributed by atoms with van der Waals surface area (Å²) in [6.45, 7) is 2.63. The zero-order valence-electron chi connectivity index (χ0n) is 11.7. The van der Waals surface area contributed by atoms with Crippen molar-refractivity contribution < 1.29 is 0 Å². The van der Waals surface area contributed by atoms with E-state index in [2.05, 4.69) is 4.98 Å². The predicted molar refractivity (Wildman–Crippen MR) is 81.5 cm³/mol. The molecule has 5 nitrogen and oxygen atoms in total. The van der Waals surface area contributed by atoms with Gasteiger partial charge in [0.15, 0.2) is 0 Å². The van der Waals surface area contributed by atoms with E-state index in [0.29, 0.717) is 6.54 Å². The van der Waals surface area contributed by atoms with Gasteiger partial charge in [0.1, 0.15) is 0 Å². The average Bonchev–Trinajstić information content (AvgIpc) is 2.52. The zero-order chi connectivity index (χ0) is 14.8. The smallest absolute Gasteiger partial charge is 0.301 e. The van der Waals surface area contributed by atoms with Crippen LogP contribution in [0.3, 0.4) is 0 Å². The van der Waals surface area contributed by atoms with Gasteiger partial charge in [-0.2, -0.15) is 0 Å². The van der Waals surface area contributed by atoms with Gasteiger partial charge < -0.3 is 4.57 Å². The Labute approximate surface area is 121 Å². The SMILES string of the molecule is CCn1ccc(=O)n(Cc2cccc3cccnc23)c1=O. The second-order valence-electron chi connectivity index (χ2n) is 4.80. The molecule has 3 aromatic rings. The highest BCUT2D eigenvalue weighted by Crippen LogP contribution is 2.15. The van der Waals surface area contributed by atoms with E-state index in [9.17, 15) is 9.59 Å². The largest absolute Gasteiger partial charge is 0.331 e. The van der Waals surface area contributed by atoms with Crippen molar-refractivity contribution in [3.8, 4) is 0 Å². The Morgan fingerprint density at radius 3 is 2.71 bits per heavy atom. The van der Waals surface area contributed by atoms with Gasteiger partial charge >= 0.3 is 5.69 Å². The monoisotopic (exact) mass is 281 g/mol. The second kappa shape index (κ2) is 5.36. The number of hydrogen-bond acceptors (Lipinski definition) is 3. The van der Waals surface area contributed by atoms with Gasteiger partial charge in [-0.15, -0.1) is 0 Å². The lowest BCUT2D eigenvalue weighted by molar-refractivity contribution is 0.601. The molecule has 0 saturated carbocycles. The lowest BCUT2D eigenvalue weighted by Crippen LogP contribution is -2.39. The normalized spacial score (nSPS) is 10.9. The van der Waals surface area contributed by atoms with E-state index >= 15 is 0 Å². The Bertz CT molecular complexity index is 904. The molecule has 21 heavy (non-hydrogen) atoms. The van der Waals surface area contributed by atoms with E-state index in [4.69, 9.17) is 0 Å². The molecule has 2 aromatic heterocycles. The second-order valence-corrected chi connectivity index (χ2v) is 4.80. The van der Waals surface area contributed by atoms with Crippen LogP contribution in [0.5, 0.6) is 0 Å². The van der Waals surface area contributed by atoms with E-state index in [1.54, 1.807) is 6.20 Å². The van der Waals surface area contributed by atoms with Gasteiger partial charge in [0.05, 0.1) is 12.1 Å². The van der Waals surface area contributed by atoms with Crippen molar-refractivity contribution in [2.75, 3.05) is 0 Å². The maximum Gasteiger partial charge on any atom is 0.331 e. The van der Waals surface area contributed by atoms with Crippen molar-refractivity contribution in [2.45, 2.75) is 20.0 Å². The van der Waals surface area contributed by atoms with Crippen molar-refractivity contribution in [3.63, 3.8) is 0 Å². The number of pyridine rings is 1. The van der Waals surface area contributed by atoms with Crippen molar-refractivity contribution in [1.29, 1.82) is 0 Å². The number of rotatable bonds is 3. The van der Waals surface area contributed by atoms with Crippen molar-refractivity contribution in [1.82, 2.24) is 14.1 Å². The molecule has 0 saturated heterocycles. The van der Waals surface area contributed by atoms with Gasteiger partial charge in [-0.1, -0.05) is 24.3 Å². The maximum absolute atomic E-state index is 12.3. The lowest BCUT2D eigenvalue weighted by Gasteiger charge is -2.09. The number of fused-ring (bicyclic) bond motifs is 1. The fraction of sp³-hybridized carbons (Fsp3) is 0.188. The van der Waals surface area contributed by atoms with Gasteiger partial charge in [0.2, 0.25) is 0 Å². The Hall–Kier alpha value is -2.69. The number of para-hydroxylation sites is 1. The number of aryl methyl sites for hydroxylation is 1. The van der Waals surface area contributed by atoms with E-state index < -0.39 is 0 Å². The summed E-state index contributed by atoms with van der Waals surface area (Å²) in [5, 5.41) is 0.995. The van der Waals surface area contributed by atoms with Crippen LogP contribution in [0.15, 0.2) is 58.4 Å². The molecule has 0 aliphatic rings. The van der Waals surface area contributed by atoms with Gasteiger partial charge in [0.25, 0.3) is 5.56 Å². The molecule has 0 N–H and O–H groups in total. The highest BCUT2D eigenvalue weighted by Gasteiger charge is 2.08. The first-order valence-electron chi connectivity index (χ1n) is 6.83. The summed E-state index contributed by atoms with van der Waals surface area (Å²) in [6.07, 6.45) is 3.24. The fourth-order valence-corrected chi connectivity index (χ4v) is 2.41. The lowest BCUT2D eigenvalue weighted by atomic mass is 10.1. The third kappa shape index (κ3) is 2.38. The van der Waals surface area contributed by atoms with Crippen LogP contribution in [-0.4, -0.2) is 14.1 Å². The predicted octanol–water partition coefficient (Wildman–Crippen LogP) is 1.63. The zero-order valence-corrected chi connectivity index (χ0v) is 11.7. The van der Waals surface area contributed by atoms with Gasteiger partial charge in [-0.05, 0) is 18.6 Å². The fourth-order valence-electron chi connectivity index (χ4n) is 2.41. The molecule has 5 heteroatoms. The minimum absolute atomic E-state index is 0.229. The third-order valence-electron chi connectivity index (χ3n) is 3.53. The summed E-state index contributed by atoms with van der Waals surface area (Å²) in [5.41, 5.74) is 1.09. The molecular formula is C16H15N3O2. The maximum atomic E-state index is 12.3. The van der Waals surface area contributed by atoms with Crippen LogP contribution in [0.1, 0.15) is 12.5 Å². The number of nitrogens with zero attached hydrogens (tertiary/aromatic N) is 3. The Morgan fingerprint density at radius 1 is 1.10 bits per heavy atom. The minimum Gasteiger partial charge on any atom is -0.301 e. The van der Waals surface area contributed by atoms with Crippen LogP contribution in [0.25, 0.3) is 10.9 Å². The first-order valence-corrected chi connectivity index (χ1v) is 6.83. The summed E-state index contributed by atoms with van der Waals surface area (Å²) < 4.78 is 2.76. The van der Waals surface area contributed by atoms with Crippen LogP contribution < -0.4 is 11.2 Å². The topological polar surface area (TPSA) is 56.9 Å². The Morgan fingerprint density at radius 2 is 1.90 bits per heavy atom. The molecule has 0 radical (unpaired) electrons. The molecule has 2 heterocycles. The van der Waals surface area contributed by atoms with E-state index in [1.807, 2.05) is 37.3 Å². The molecule has 1 aromatic carbocycles. The van der Waals surface area contributed by atoms with Gasteiger partial charge in [-0.3, -0.25) is 14.3 Å². The Balaban J connectivity index is 2.16. The first kappa shape index (κ1) is 13.3. The van der Waals surface area contributed by atoms with E-state index in [-0.39, 0.29) is 17.8 Å². The number of benzene rings is 1. The van der Waals surface area contributed by atoms with Crippen LogP contribution in [0.4, 0.5) is 0 Å². The quantitative estimate of drug-likeness (QED) is 0.733. The summed E-state index contributed by atoms with van der Waals surface area (Å²) in [4.78, 5) is 28.6. The standard InChI is InChI=1S/C16H15N3O2/c1-2-18-10-8-14(20)19(16(18)21)11-13-6-3-5-12-7-4-9-17-15(12)13/h3-10H,2,11H2,1H3. The summed E-state index contributed by atoms with van der Waals surface area (Å²) in [5.74, 6) is 0. The van der Waals surface area contributed by atoms with Gasteiger partial charge in [0, 0.05) is 30.4 Å². The van der Waals surface area contributed by atoms with E-state index in [1.165, 1.54) is 21.4 Å². The highest BCUT2D eigenvalue weighted by molar-refractivity contribution is 5.81. The van der Waals surface area contributed by atoms with Gasteiger partial charge in [-0.25, -0.2) is 4.79 Å². The van der Waals surface area contributed by atoms with Crippen molar-refractivity contribution >= 4 is 10.9 Å². The van der Waals surface area contributed by atoms with Crippen LogP contribution in [0.2, 0.25) is 0 Å².